The van der Waals surface area contributed by atoms with Crippen LogP contribution in [0.25, 0.3) is 85.0 Å². The Hall–Kier alpha value is -9.47. The second-order valence-corrected chi connectivity index (χ2v) is 22.3. The quantitative estimate of drug-likeness (QED) is 0.0532. The van der Waals surface area contributed by atoms with Gasteiger partial charge in [0.2, 0.25) is 5.56 Å². The van der Waals surface area contributed by atoms with Crippen LogP contribution in [0.15, 0.2) is 126 Å². The SMILES string of the molecule is COC(=O)c1cccc2c1nc(Cl)c1nc(C)sc12.COC(=O)c1cccc2c1nc(Cl)c1nnsc12.COC(=O)c1cccc2c1nc(Cl)c1sc([N+](=O)[O-])cc12.COC(=O)c1cccc2ccc(=O)[nH]c12.COC(=O)c1cccc2ccc(Cl)nc12. The third-order valence-electron chi connectivity index (χ3n) is 12.7. The maximum Gasteiger partial charge on any atom is 0.340 e. The number of pyridine rings is 5. The molecule has 0 amide bonds. The van der Waals surface area contributed by atoms with E-state index in [2.05, 4.69) is 49.0 Å². The van der Waals surface area contributed by atoms with Gasteiger partial charge in [-0.05, 0) is 72.4 Å². The number of nitro groups is 1. The third-order valence-corrected chi connectivity index (χ3v) is 16.7. The maximum absolute atomic E-state index is 11.8. The van der Waals surface area contributed by atoms with Gasteiger partial charge in [0.1, 0.15) is 21.3 Å². The smallest absolute Gasteiger partial charge is 0.340 e. The Morgan fingerprint density at radius 1 is 0.477 bits per heavy atom. The largest absolute Gasteiger partial charge is 0.465 e. The highest BCUT2D eigenvalue weighted by molar-refractivity contribution is 7.22. The van der Waals surface area contributed by atoms with Crippen LogP contribution in [0.4, 0.5) is 5.00 Å². The van der Waals surface area contributed by atoms with Crippen LogP contribution in [0.1, 0.15) is 56.8 Å². The Morgan fingerprint density at radius 2 is 0.943 bits per heavy atom. The zero-order valence-electron chi connectivity index (χ0n) is 46.2. The van der Waals surface area contributed by atoms with Crippen LogP contribution in [-0.4, -0.2) is 110 Å². The normalized spacial score (nSPS) is 10.8. The Balaban J connectivity index is 0.000000132. The number of nitrogens with one attached hydrogen (secondary N) is 1. The highest BCUT2D eigenvalue weighted by Gasteiger charge is 2.22. The lowest BCUT2D eigenvalue weighted by atomic mass is 10.1. The number of hydrogen-bond acceptors (Lipinski definition) is 23. The monoisotopic (exact) mass is 1320 g/mol. The minimum atomic E-state index is -0.534. The van der Waals surface area contributed by atoms with Crippen molar-refractivity contribution >= 4 is 200 Å². The van der Waals surface area contributed by atoms with Gasteiger partial charge in [0.15, 0.2) is 10.3 Å². The number of rotatable bonds is 6. The summed E-state index contributed by atoms with van der Waals surface area (Å²) in [5.41, 5.74) is 5.36. The maximum atomic E-state index is 11.8. The summed E-state index contributed by atoms with van der Waals surface area (Å²) in [7, 11) is 6.60. The molecule has 5 aromatic carbocycles. The minimum absolute atomic E-state index is 0.0235. The average molecular weight is 1320 g/mol. The molecule has 0 radical (unpaired) electrons. The Bertz CT molecular complexity index is 5020. The number of H-pyrrole nitrogens is 1. The van der Waals surface area contributed by atoms with Gasteiger partial charge in [0.25, 0.3) is 0 Å². The number of carbonyl (C=O) groups excluding carboxylic acids is 5. The molecule has 0 bridgehead atoms. The zero-order chi connectivity index (χ0) is 63.1. The molecule has 29 heteroatoms. The van der Waals surface area contributed by atoms with Crippen LogP contribution >= 0.6 is 80.6 Å². The van der Waals surface area contributed by atoms with E-state index in [1.54, 1.807) is 78.9 Å². The topological polar surface area (TPSA) is 298 Å². The predicted molar refractivity (Wildman–Crippen MR) is 339 cm³/mol. The Morgan fingerprint density at radius 3 is 1.51 bits per heavy atom. The van der Waals surface area contributed by atoms with Crippen molar-refractivity contribution in [1.82, 2.24) is 39.5 Å². The molecule has 444 valence electrons. The molecule has 22 nitrogen and oxygen atoms in total. The first kappa shape index (κ1) is 63.0. The summed E-state index contributed by atoms with van der Waals surface area (Å²) in [6.45, 7) is 1.91. The fourth-order valence-corrected chi connectivity index (χ4v) is 12.3. The summed E-state index contributed by atoms with van der Waals surface area (Å²) in [5, 5.41) is 21.3. The van der Waals surface area contributed by atoms with Crippen molar-refractivity contribution in [2.75, 3.05) is 35.5 Å². The standard InChI is InChI=1S/C13H7ClN2O4S.C13H9ClN2O2S.C11H6ClN3O2S.C11H8ClNO2.C11H9NO3/c1-20-13(17)7-4-2-3-6-8-5-9(16(18)19)21-11(8)12(14)15-10(6)7;1-6-15-10-11(19-6)7-4-3-5-8(13(17)18-2)9(7)16-12(10)14;1-17-11(16)6-4-2-3-5-7(6)13-10(12)8-9(5)18-15-14-8;1-15-11(14)8-4-2-3-7-5-6-9(12)13-10(7)8;1-15-11(14)8-4-2-3-7-5-6-9(13)12-10(7)8/h2-5H,1H3;3-5H,1-2H3;2-4H,1H3;2-6H,1H3;2-6H,1H3,(H,12,13). The lowest BCUT2D eigenvalue weighted by Gasteiger charge is -2.05. The van der Waals surface area contributed by atoms with E-state index in [-0.39, 0.29) is 26.4 Å². The molecule has 0 saturated heterocycles. The number of aryl methyl sites for hydroxylation is 1. The molecule has 0 aliphatic rings. The number of benzene rings is 5. The van der Waals surface area contributed by atoms with Crippen LogP contribution in [0.2, 0.25) is 20.6 Å². The fraction of sp³-hybridized carbons (Fsp3) is 0.102. The summed E-state index contributed by atoms with van der Waals surface area (Å²) in [6.07, 6.45) is 0. The first-order valence-electron chi connectivity index (χ1n) is 25.1. The highest BCUT2D eigenvalue weighted by Crippen LogP contribution is 2.40. The molecule has 88 heavy (non-hydrogen) atoms. The average Bonchev–Trinajstić information content (AvgIpc) is 1.73. The molecule has 0 spiro atoms. The van der Waals surface area contributed by atoms with Crippen LogP contribution in [0.5, 0.6) is 0 Å². The highest BCUT2D eigenvalue weighted by atomic mass is 35.5. The number of thiophene rings is 1. The van der Waals surface area contributed by atoms with Crippen molar-refractivity contribution in [2.45, 2.75) is 6.92 Å². The molecule has 13 aromatic rings. The number of ether oxygens (including phenoxy) is 5. The van der Waals surface area contributed by atoms with Gasteiger partial charge in [0.05, 0.1) is 115 Å². The molecule has 8 heterocycles. The van der Waals surface area contributed by atoms with E-state index < -0.39 is 34.8 Å². The molecule has 0 unspecified atom stereocenters. The van der Waals surface area contributed by atoms with Gasteiger partial charge in [-0.2, -0.15) is 0 Å². The molecule has 8 aromatic heterocycles. The molecular formula is C59H39Cl4N9O13S3. The van der Waals surface area contributed by atoms with E-state index in [4.69, 9.17) is 60.6 Å². The molecule has 13 rings (SSSR count). The minimum Gasteiger partial charge on any atom is -0.465 e. The number of para-hydroxylation sites is 5. The van der Waals surface area contributed by atoms with Gasteiger partial charge < -0.3 is 28.7 Å². The Labute approximate surface area is 526 Å². The van der Waals surface area contributed by atoms with Crippen LogP contribution < -0.4 is 5.56 Å². The fourth-order valence-electron chi connectivity index (χ4n) is 8.78. The summed E-state index contributed by atoms with van der Waals surface area (Å²) in [5.74, 6) is -2.26. The Kier molecular flexibility index (Phi) is 19.7. The molecule has 0 saturated carbocycles. The number of nitrogens with zero attached hydrogens (tertiary/aromatic N) is 8. The molecule has 0 atom stereocenters. The number of methoxy groups -OCH3 is 5. The molecule has 0 aliphatic carbocycles. The number of aromatic nitrogens is 8. The van der Waals surface area contributed by atoms with Crippen LogP contribution in [-0.2, 0) is 23.7 Å². The van der Waals surface area contributed by atoms with E-state index in [1.807, 2.05) is 37.3 Å². The lowest BCUT2D eigenvalue weighted by molar-refractivity contribution is -0.380. The molecule has 0 fully saturated rings. The predicted octanol–water partition coefficient (Wildman–Crippen LogP) is 14.1. The number of esters is 5. The van der Waals surface area contributed by atoms with Crippen LogP contribution in [0, 0.1) is 17.0 Å². The number of carbonyl (C=O) groups is 5. The molecular weight excluding hydrogens is 1280 g/mol. The van der Waals surface area contributed by atoms with Crippen molar-refractivity contribution in [3.05, 3.63) is 195 Å². The van der Waals surface area contributed by atoms with E-state index in [1.165, 1.54) is 70.6 Å². The van der Waals surface area contributed by atoms with Gasteiger partial charge in [-0.25, -0.2) is 48.9 Å². The number of halogens is 4. The van der Waals surface area contributed by atoms with Crippen LogP contribution in [0.3, 0.4) is 0 Å². The summed E-state index contributed by atoms with van der Waals surface area (Å²) >= 11 is 27.8. The van der Waals surface area contributed by atoms with Crippen molar-refractivity contribution in [3.63, 3.8) is 0 Å². The lowest BCUT2D eigenvalue weighted by Crippen LogP contribution is -2.08. The first-order chi connectivity index (χ1) is 42.3. The van der Waals surface area contributed by atoms with Gasteiger partial charge in [-0.3, -0.25) is 14.9 Å². The number of thiazole rings is 1. The summed E-state index contributed by atoms with van der Waals surface area (Å²) < 4.78 is 29.6. The second-order valence-electron chi connectivity index (χ2n) is 17.8. The van der Waals surface area contributed by atoms with Gasteiger partial charge in [0, 0.05) is 39.1 Å². The molecule has 1 N–H and O–H groups in total. The second kappa shape index (κ2) is 27.5. The van der Waals surface area contributed by atoms with Gasteiger partial charge >= 0.3 is 34.8 Å². The van der Waals surface area contributed by atoms with Gasteiger partial charge in [-0.1, -0.05) is 123 Å². The summed E-state index contributed by atoms with van der Waals surface area (Å²) in [6, 6.07) is 34.2. The van der Waals surface area contributed by atoms with Gasteiger partial charge in [-0.15, -0.1) is 16.4 Å². The number of hydrogen-bond donors (Lipinski definition) is 1. The third kappa shape index (κ3) is 13.1. The molecule has 0 aliphatic heterocycles. The number of aromatic amines is 1. The van der Waals surface area contributed by atoms with Crippen molar-refractivity contribution < 1.29 is 52.6 Å². The van der Waals surface area contributed by atoms with E-state index >= 15 is 0 Å². The van der Waals surface area contributed by atoms with Crippen molar-refractivity contribution in [1.29, 1.82) is 0 Å². The van der Waals surface area contributed by atoms with E-state index in [0.717, 1.165) is 47.3 Å². The zero-order valence-corrected chi connectivity index (χ0v) is 51.6. The van der Waals surface area contributed by atoms with Crippen molar-refractivity contribution in [2.24, 2.45) is 0 Å². The first-order valence-corrected chi connectivity index (χ1v) is 29.0. The van der Waals surface area contributed by atoms with E-state index in [9.17, 15) is 38.9 Å². The summed E-state index contributed by atoms with van der Waals surface area (Å²) in [4.78, 5) is 103. The van der Waals surface area contributed by atoms with Crippen molar-refractivity contribution in [3.8, 4) is 0 Å². The van der Waals surface area contributed by atoms with E-state index in [0.29, 0.717) is 86.6 Å². The number of fused-ring (bicyclic) bond motifs is 11.